The molecule has 1 saturated heterocycles. The SMILES string of the molecule is C=C/C=C\C(=O)Nc1cc(Nc2nccc(-c3cnn4c3CCCC4)n2)c(OC)cc1N1CC[C@@H](N(C)C)C1. The number of nitrogens with zero attached hydrogens (tertiary/aromatic N) is 6. The van der Waals surface area contributed by atoms with E-state index in [4.69, 9.17) is 9.72 Å². The first-order chi connectivity index (χ1) is 19.0. The number of rotatable bonds is 9. The van der Waals surface area contributed by atoms with Gasteiger partial charge in [0.05, 0.1) is 36.1 Å². The van der Waals surface area contributed by atoms with E-state index in [9.17, 15) is 4.79 Å². The highest BCUT2D eigenvalue weighted by Gasteiger charge is 2.27. The molecule has 0 spiro atoms. The second kappa shape index (κ2) is 11.7. The van der Waals surface area contributed by atoms with Crippen LogP contribution in [0.25, 0.3) is 11.3 Å². The van der Waals surface area contributed by atoms with Crippen LogP contribution in [0.15, 0.2) is 55.4 Å². The molecule has 3 aromatic rings. The van der Waals surface area contributed by atoms with Crippen LogP contribution < -0.4 is 20.3 Å². The van der Waals surface area contributed by atoms with Gasteiger partial charge in [-0.15, -0.1) is 0 Å². The van der Waals surface area contributed by atoms with Gasteiger partial charge >= 0.3 is 0 Å². The summed E-state index contributed by atoms with van der Waals surface area (Å²) in [4.78, 5) is 26.4. The fourth-order valence-corrected chi connectivity index (χ4v) is 5.23. The lowest BCUT2D eigenvalue weighted by molar-refractivity contribution is -0.111. The van der Waals surface area contributed by atoms with Crippen molar-refractivity contribution in [3.05, 3.63) is 61.1 Å². The Kier molecular flexibility index (Phi) is 7.92. The molecule has 0 aliphatic carbocycles. The third-order valence-corrected chi connectivity index (χ3v) is 7.35. The van der Waals surface area contributed by atoms with E-state index in [1.807, 2.05) is 24.4 Å². The Balaban J connectivity index is 1.47. The number of likely N-dealkylation sites (N-methyl/N-ethyl adjacent to an activating group) is 1. The van der Waals surface area contributed by atoms with Crippen molar-refractivity contribution in [3.8, 4) is 17.0 Å². The van der Waals surface area contributed by atoms with Gasteiger partial charge in [0.2, 0.25) is 11.9 Å². The van der Waals surface area contributed by atoms with Gasteiger partial charge in [-0.2, -0.15) is 5.10 Å². The Labute approximate surface area is 229 Å². The third kappa shape index (κ3) is 5.80. The molecule has 5 rings (SSSR count). The van der Waals surface area contributed by atoms with Crippen molar-refractivity contribution < 1.29 is 9.53 Å². The van der Waals surface area contributed by atoms with Gasteiger partial charge in [0.25, 0.3) is 0 Å². The number of allylic oxidation sites excluding steroid dienone is 2. The minimum absolute atomic E-state index is 0.236. The molecule has 2 aliphatic heterocycles. The first-order valence-electron chi connectivity index (χ1n) is 13.4. The normalized spacial score (nSPS) is 16.9. The molecule has 2 aliphatic rings. The first-order valence-corrected chi connectivity index (χ1v) is 13.4. The van der Waals surface area contributed by atoms with E-state index in [1.54, 1.807) is 25.5 Å². The largest absolute Gasteiger partial charge is 0.494 e. The second-order valence-electron chi connectivity index (χ2n) is 10.1. The number of aromatic nitrogens is 4. The Hall–Kier alpha value is -4.18. The third-order valence-electron chi connectivity index (χ3n) is 7.35. The molecule has 10 heteroatoms. The molecule has 1 amide bonds. The molecular formula is C29H36N8O2. The van der Waals surface area contributed by atoms with Gasteiger partial charge in [-0.1, -0.05) is 18.7 Å². The molecule has 39 heavy (non-hydrogen) atoms. The number of fused-ring (bicyclic) bond motifs is 1. The number of anilines is 4. The topological polar surface area (TPSA) is 100 Å². The molecule has 0 bridgehead atoms. The smallest absolute Gasteiger partial charge is 0.248 e. The molecule has 10 nitrogen and oxygen atoms in total. The number of carbonyl (C=O) groups is 1. The molecule has 2 N–H and O–H groups in total. The number of benzene rings is 1. The zero-order chi connectivity index (χ0) is 27.4. The minimum atomic E-state index is -0.236. The lowest BCUT2D eigenvalue weighted by Gasteiger charge is -2.25. The van der Waals surface area contributed by atoms with E-state index in [1.165, 1.54) is 11.8 Å². The standard InChI is InChI=1S/C29H36N8O2/c1-5-6-10-28(38)32-23-16-24(27(39-4)17-26(23)36-15-12-20(19-36)35(2)3)34-29-30-13-11-22(33-29)21-18-31-37-14-8-7-9-25(21)37/h5-6,10-11,13,16-18,20H,1,7-9,12,14-15,19H2,2-4H3,(H,32,38)(H,30,33,34)/b10-6-/t20-/m1/s1. The summed E-state index contributed by atoms with van der Waals surface area (Å²) < 4.78 is 7.86. The van der Waals surface area contributed by atoms with E-state index >= 15 is 0 Å². The summed E-state index contributed by atoms with van der Waals surface area (Å²) >= 11 is 0. The van der Waals surface area contributed by atoms with Crippen LogP contribution in [0.4, 0.5) is 23.0 Å². The maximum Gasteiger partial charge on any atom is 0.248 e. The summed E-state index contributed by atoms with van der Waals surface area (Å²) in [5.74, 6) is 0.835. The van der Waals surface area contributed by atoms with Crippen LogP contribution in [0.1, 0.15) is 25.0 Å². The van der Waals surface area contributed by atoms with E-state index in [0.717, 1.165) is 62.3 Å². The van der Waals surface area contributed by atoms with Crippen LogP contribution in [-0.4, -0.2) is 70.9 Å². The van der Waals surface area contributed by atoms with Crippen molar-refractivity contribution in [1.82, 2.24) is 24.6 Å². The lowest BCUT2D eigenvalue weighted by Crippen LogP contribution is -2.31. The van der Waals surface area contributed by atoms with Crippen molar-refractivity contribution in [2.24, 2.45) is 0 Å². The zero-order valence-corrected chi connectivity index (χ0v) is 22.9. The monoisotopic (exact) mass is 528 g/mol. The molecule has 1 aromatic carbocycles. The molecule has 1 atom stereocenters. The second-order valence-corrected chi connectivity index (χ2v) is 10.1. The van der Waals surface area contributed by atoms with Crippen LogP contribution >= 0.6 is 0 Å². The van der Waals surface area contributed by atoms with E-state index in [-0.39, 0.29) is 5.91 Å². The number of carbonyl (C=O) groups excluding carboxylic acids is 1. The van der Waals surface area contributed by atoms with Gasteiger partial charge in [0.1, 0.15) is 5.75 Å². The maximum absolute atomic E-state index is 12.7. The zero-order valence-electron chi connectivity index (χ0n) is 22.9. The Morgan fingerprint density at radius 2 is 2.10 bits per heavy atom. The number of hydrogen-bond acceptors (Lipinski definition) is 8. The minimum Gasteiger partial charge on any atom is -0.494 e. The average molecular weight is 529 g/mol. The summed E-state index contributed by atoms with van der Waals surface area (Å²) in [6.45, 7) is 6.33. The van der Waals surface area contributed by atoms with Crippen LogP contribution in [0, 0.1) is 0 Å². The molecule has 4 heterocycles. The molecular weight excluding hydrogens is 492 g/mol. The van der Waals surface area contributed by atoms with Crippen LogP contribution in [0.2, 0.25) is 0 Å². The maximum atomic E-state index is 12.7. The van der Waals surface area contributed by atoms with E-state index in [2.05, 4.69) is 55.9 Å². The lowest BCUT2D eigenvalue weighted by atomic mass is 10.0. The van der Waals surface area contributed by atoms with Gasteiger partial charge < -0.3 is 25.2 Å². The van der Waals surface area contributed by atoms with Gasteiger partial charge in [0.15, 0.2) is 0 Å². The molecule has 1 fully saturated rings. The molecule has 0 radical (unpaired) electrons. The summed E-state index contributed by atoms with van der Waals surface area (Å²) in [5.41, 5.74) is 5.31. The fraction of sp³-hybridized carbons (Fsp3) is 0.379. The molecule has 0 unspecified atom stereocenters. The predicted molar refractivity (Wildman–Crippen MR) is 155 cm³/mol. The Morgan fingerprint density at radius 1 is 1.23 bits per heavy atom. The van der Waals surface area contributed by atoms with Crippen molar-refractivity contribution in [3.63, 3.8) is 0 Å². The highest BCUT2D eigenvalue weighted by molar-refractivity contribution is 6.02. The summed E-state index contributed by atoms with van der Waals surface area (Å²) in [6.07, 6.45) is 12.6. The van der Waals surface area contributed by atoms with Crippen LogP contribution in [-0.2, 0) is 17.8 Å². The quantitative estimate of drug-likeness (QED) is 0.314. The fourth-order valence-electron chi connectivity index (χ4n) is 5.23. The number of hydrogen-bond donors (Lipinski definition) is 2. The van der Waals surface area contributed by atoms with Crippen LogP contribution in [0.3, 0.4) is 0 Å². The number of nitrogens with one attached hydrogen (secondary N) is 2. The van der Waals surface area contributed by atoms with Crippen molar-refractivity contribution >= 4 is 28.9 Å². The highest BCUT2D eigenvalue weighted by Crippen LogP contribution is 2.40. The molecule has 2 aromatic heterocycles. The number of methoxy groups -OCH3 is 1. The van der Waals surface area contributed by atoms with Gasteiger partial charge in [-0.25, -0.2) is 9.97 Å². The number of amides is 1. The van der Waals surface area contributed by atoms with E-state index < -0.39 is 0 Å². The molecule has 0 saturated carbocycles. The summed E-state index contributed by atoms with van der Waals surface area (Å²) in [7, 11) is 5.83. The predicted octanol–water partition coefficient (Wildman–Crippen LogP) is 4.25. The van der Waals surface area contributed by atoms with Crippen molar-refractivity contribution in [1.29, 1.82) is 0 Å². The average Bonchev–Trinajstić information content (AvgIpc) is 3.60. The summed E-state index contributed by atoms with van der Waals surface area (Å²) in [5, 5.41) is 10.9. The molecule has 204 valence electrons. The van der Waals surface area contributed by atoms with E-state index in [0.29, 0.717) is 29.1 Å². The Morgan fingerprint density at radius 3 is 2.87 bits per heavy atom. The van der Waals surface area contributed by atoms with Crippen molar-refractivity contribution in [2.75, 3.05) is 49.8 Å². The number of ether oxygens (including phenoxy) is 1. The van der Waals surface area contributed by atoms with Gasteiger partial charge in [-0.3, -0.25) is 9.48 Å². The van der Waals surface area contributed by atoms with Crippen LogP contribution in [0.5, 0.6) is 5.75 Å². The van der Waals surface area contributed by atoms with Gasteiger partial charge in [0, 0.05) is 55.3 Å². The Bertz CT molecular complexity index is 1380. The highest BCUT2D eigenvalue weighted by atomic mass is 16.5. The van der Waals surface area contributed by atoms with Gasteiger partial charge in [-0.05, 0) is 51.9 Å². The summed E-state index contributed by atoms with van der Waals surface area (Å²) in [6, 6.07) is 6.19. The number of aryl methyl sites for hydroxylation is 1. The first kappa shape index (κ1) is 26.4. The van der Waals surface area contributed by atoms with Crippen molar-refractivity contribution in [2.45, 2.75) is 38.3 Å².